The van der Waals surface area contributed by atoms with Gasteiger partial charge in [0.1, 0.15) is 11.6 Å². The van der Waals surface area contributed by atoms with Crippen molar-refractivity contribution in [2.75, 3.05) is 51.6 Å². The summed E-state index contributed by atoms with van der Waals surface area (Å²) in [6.07, 6.45) is 0.485. The van der Waals surface area contributed by atoms with E-state index in [-0.39, 0.29) is 37.0 Å². The molecule has 0 unspecified atom stereocenters. The second kappa shape index (κ2) is 12.7. The maximum absolute atomic E-state index is 13.4. The van der Waals surface area contributed by atoms with Crippen molar-refractivity contribution in [1.82, 2.24) is 14.5 Å². The number of rotatable bonds is 12. The minimum atomic E-state index is -0.706. The van der Waals surface area contributed by atoms with Gasteiger partial charge in [0.25, 0.3) is 5.56 Å². The van der Waals surface area contributed by atoms with Gasteiger partial charge in [0.15, 0.2) is 5.69 Å². The zero-order valence-electron chi connectivity index (χ0n) is 20.9. The SMILES string of the molecule is COCCCN(C(=O)CN(C)Cc1cccc(OC)c1)c1c(N)n(Cc2ccccc2)c(=O)[nH]c1=O. The first-order valence-electron chi connectivity index (χ1n) is 11.6. The van der Waals surface area contributed by atoms with Crippen molar-refractivity contribution in [3.8, 4) is 5.75 Å². The van der Waals surface area contributed by atoms with Gasteiger partial charge in [0, 0.05) is 26.8 Å². The van der Waals surface area contributed by atoms with Crippen molar-refractivity contribution in [3.63, 3.8) is 0 Å². The fourth-order valence-corrected chi connectivity index (χ4v) is 3.94. The summed E-state index contributed by atoms with van der Waals surface area (Å²) in [5.74, 6) is 0.348. The molecule has 10 heteroatoms. The van der Waals surface area contributed by atoms with Crippen LogP contribution in [-0.2, 0) is 22.6 Å². The third-order valence-corrected chi connectivity index (χ3v) is 5.69. The van der Waals surface area contributed by atoms with E-state index in [1.54, 1.807) is 14.2 Å². The Hall–Kier alpha value is -3.89. The zero-order valence-corrected chi connectivity index (χ0v) is 20.9. The Balaban J connectivity index is 1.89. The highest BCUT2D eigenvalue weighted by molar-refractivity contribution is 5.96. The number of anilines is 2. The molecule has 0 aliphatic heterocycles. The van der Waals surface area contributed by atoms with Crippen LogP contribution in [0.3, 0.4) is 0 Å². The molecule has 0 aliphatic rings. The molecule has 0 atom stereocenters. The second-order valence-electron chi connectivity index (χ2n) is 8.48. The number of nitrogens with zero attached hydrogens (tertiary/aromatic N) is 3. The number of carbonyl (C=O) groups excluding carboxylic acids is 1. The van der Waals surface area contributed by atoms with E-state index < -0.39 is 11.2 Å². The number of aromatic nitrogens is 2. The lowest BCUT2D eigenvalue weighted by Crippen LogP contribution is -2.45. The number of nitrogen functional groups attached to an aromatic ring is 1. The molecule has 36 heavy (non-hydrogen) atoms. The van der Waals surface area contributed by atoms with Gasteiger partial charge in [-0.15, -0.1) is 0 Å². The number of hydrogen-bond acceptors (Lipinski definition) is 7. The van der Waals surface area contributed by atoms with Crippen LogP contribution in [0.2, 0.25) is 0 Å². The van der Waals surface area contributed by atoms with Gasteiger partial charge in [-0.2, -0.15) is 0 Å². The average molecular weight is 496 g/mol. The molecule has 0 aliphatic carbocycles. The summed E-state index contributed by atoms with van der Waals surface area (Å²) < 4.78 is 11.7. The molecule has 0 saturated heterocycles. The maximum atomic E-state index is 13.4. The summed E-state index contributed by atoms with van der Waals surface area (Å²) in [4.78, 5) is 44.4. The van der Waals surface area contributed by atoms with Crippen molar-refractivity contribution in [2.24, 2.45) is 0 Å². The van der Waals surface area contributed by atoms with Crippen molar-refractivity contribution >= 4 is 17.4 Å². The van der Waals surface area contributed by atoms with Gasteiger partial charge in [0.2, 0.25) is 5.91 Å². The summed E-state index contributed by atoms with van der Waals surface area (Å²) in [5, 5.41) is 0. The lowest BCUT2D eigenvalue weighted by molar-refractivity contribution is -0.119. The largest absolute Gasteiger partial charge is 0.497 e. The molecule has 1 aromatic heterocycles. The van der Waals surface area contributed by atoms with Crippen LogP contribution in [-0.4, -0.2) is 61.3 Å². The molecule has 0 radical (unpaired) electrons. The van der Waals surface area contributed by atoms with E-state index in [2.05, 4.69) is 4.98 Å². The normalized spacial score (nSPS) is 11.0. The van der Waals surface area contributed by atoms with Crippen LogP contribution < -0.4 is 26.6 Å². The van der Waals surface area contributed by atoms with Crippen molar-refractivity contribution in [2.45, 2.75) is 19.5 Å². The van der Waals surface area contributed by atoms with E-state index in [9.17, 15) is 14.4 Å². The predicted molar refractivity (Wildman–Crippen MR) is 139 cm³/mol. The fourth-order valence-electron chi connectivity index (χ4n) is 3.94. The highest BCUT2D eigenvalue weighted by atomic mass is 16.5. The quantitative estimate of drug-likeness (QED) is 0.367. The van der Waals surface area contributed by atoms with Crippen LogP contribution in [0.4, 0.5) is 11.5 Å². The Kier molecular flexibility index (Phi) is 9.43. The lowest BCUT2D eigenvalue weighted by atomic mass is 10.2. The van der Waals surface area contributed by atoms with E-state index in [1.165, 1.54) is 9.47 Å². The molecule has 1 heterocycles. The van der Waals surface area contributed by atoms with Crippen molar-refractivity contribution in [1.29, 1.82) is 0 Å². The van der Waals surface area contributed by atoms with Crippen molar-refractivity contribution in [3.05, 3.63) is 86.6 Å². The summed E-state index contributed by atoms with van der Waals surface area (Å²) in [7, 11) is 4.98. The topological polar surface area (TPSA) is 123 Å². The second-order valence-corrected chi connectivity index (χ2v) is 8.48. The molecule has 0 bridgehead atoms. The standard InChI is InChI=1S/C26H33N5O5/c1-29(16-20-11-7-12-21(15-20)36-3)18-22(32)30(13-8-14-35-2)23-24(27)31(26(34)28-25(23)33)17-19-9-5-4-6-10-19/h4-7,9-12,15H,8,13-14,16-18,27H2,1-3H3,(H,28,33,34). The molecular weight excluding hydrogens is 462 g/mol. The maximum Gasteiger partial charge on any atom is 0.330 e. The third-order valence-electron chi connectivity index (χ3n) is 5.69. The first kappa shape index (κ1) is 26.7. The molecule has 0 spiro atoms. The van der Waals surface area contributed by atoms with Crippen LogP contribution in [0, 0.1) is 0 Å². The number of carbonyl (C=O) groups is 1. The zero-order chi connectivity index (χ0) is 26.1. The molecule has 3 N–H and O–H groups in total. The highest BCUT2D eigenvalue weighted by Gasteiger charge is 2.25. The van der Waals surface area contributed by atoms with Gasteiger partial charge in [-0.1, -0.05) is 42.5 Å². The summed E-state index contributed by atoms with van der Waals surface area (Å²) >= 11 is 0. The minimum absolute atomic E-state index is 0.0287. The monoisotopic (exact) mass is 495 g/mol. The van der Waals surface area contributed by atoms with Crippen LogP contribution in [0.25, 0.3) is 0 Å². The van der Waals surface area contributed by atoms with Crippen LogP contribution in [0.1, 0.15) is 17.5 Å². The lowest BCUT2D eigenvalue weighted by Gasteiger charge is -2.27. The first-order valence-corrected chi connectivity index (χ1v) is 11.6. The van der Waals surface area contributed by atoms with Crippen LogP contribution >= 0.6 is 0 Å². The van der Waals surface area contributed by atoms with Gasteiger partial charge in [-0.05, 0) is 36.7 Å². The molecule has 0 fully saturated rings. The molecular formula is C26H33N5O5. The Morgan fingerprint density at radius 1 is 1.06 bits per heavy atom. The number of ether oxygens (including phenoxy) is 2. The molecule has 1 amide bonds. The molecule has 10 nitrogen and oxygen atoms in total. The number of amides is 1. The number of aromatic amines is 1. The average Bonchev–Trinajstić information content (AvgIpc) is 2.86. The summed E-state index contributed by atoms with van der Waals surface area (Å²) in [5.41, 5.74) is 6.78. The van der Waals surface area contributed by atoms with E-state index in [4.69, 9.17) is 15.2 Å². The molecule has 3 rings (SSSR count). The number of hydrogen-bond donors (Lipinski definition) is 2. The summed E-state index contributed by atoms with van der Waals surface area (Å²) in [6, 6.07) is 16.9. The van der Waals surface area contributed by atoms with E-state index in [1.807, 2.05) is 66.5 Å². The van der Waals surface area contributed by atoms with Crippen molar-refractivity contribution < 1.29 is 14.3 Å². The van der Waals surface area contributed by atoms with E-state index in [0.717, 1.165) is 16.9 Å². The van der Waals surface area contributed by atoms with Gasteiger partial charge in [0.05, 0.1) is 20.2 Å². The Labute approximate surface area is 209 Å². The smallest absolute Gasteiger partial charge is 0.330 e. The fraction of sp³-hybridized carbons (Fsp3) is 0.346. The Morgan fingerprint density at radius 3 is 2.47 bits per heavy atom. The Morgan fingerprint density at radius 2 is 1.78 bits per heavy atom. The van der Waals surface area contributed by atoms with Gasteiger partial charge in [-0.25, -0.2) is 4.79 Å². The highest BCUT2D eigenvalue weighted by Crippen LogP contribution is 2.19. The van der Waals surface area contributed by atoms with E-state index in [0.29, 0.717) is 19.6 Å². The predicted octanol–water partition coefficient (Wildman–Crippen LogP) is 1.68. The van der Waals surface area contributed by atoms with Crippen LogP contribution in [0.5, 0.6) is 5.75 Å². The number of benzene rings is 2. The minimum Gasteiger partial charge on any atom is -0.497 e. The molecule has 192 valence electrons. The summed E-state index contributed by atoms with van der Waals surface area (Å²) in [6.45, 7) is 1.28. The van der Waals surface area contributed by atoms with Gasteiger partial charge < -0.3 is 20.1 Å². The molecule has 2 aromatic carbocycles. The van der Waals surface area contributed by atoms with E-state index >= 15 is 0 Å². The first-order chi connectivity index (χ1) is 17.3. The molecule has 3 aromatic rings. The number of methoxy groups -OCH3 is 2. The van der Waals surface area contributed by atoms with Gasteiger partial charge >= 0.3 is 5.69 Å². The third kappa shape index (κ3) is 6.83. The Bertz CT molecular complexity index is 1270. The number of nitrogens with one attached hydrogen (secondary N) is 1. The number of likely N-dealkylation sites (N-methyl/N-ethyl adjacent to an activating group) is 1. The molecule has 0 saturated carbocycles. The van der Waals surface area contributed by atoms with Gasteiger partial charge in [-0.3, -0.25) is 24.0 Å². The number of H-pyrrole nitrogens is 1. The number of nitrogens with two attached hydrogens (primary N) is 1. The van der Waals surface area contributed by atoms with Crippen LogP contribution in [0.15, 0.2) is 64.2 Å².